The van der Waals surface area contributed by atoms with Crippen molar-refractivity contribution in [3.63, 3.8) is 0 Å². The number of nitrogens with zero attached hydrogens (tertiary/aromatic N) is 1. The van der Waals surface area contributed by atoms with Crippen molar-refractivity contribution in [2.45, 2.75) is 38.3 Å². The van der Waals surface area contributed by atoms with Gasteiger partial charge >= 0.3 is 0 Å². The first-order valence-corrected chi connectivity index (χ1v) is 8.84. The predicted molar refractivity (Wildman–Crippen MR) is 75.0 cm³/mol. The van der Waals surface area contributed by atoms with Gasteiger partial charge in [-0.05, 0) is 43.7 Å². The molecule has 0 unspecified atom stereocenters. The highest BCUT2D eigenvalue weighted by Gasteiger charge is 2.36. The Kier molecular flexibility index (Phi) is 4.77. The second-order valence-corrected chi connectivity index (χ2v) is 7.74. The van der Waals surface area contributed by atoms with Gasteiger partial charge in [-0.15, -0.1) is 11.3 Å². The Hall–Kier alpha value is -0.430. The van der Waals surface area contributed by atoms with Crippen LogP contribution in [0, 0.1) is 0 Å². The molecule has 1 aromatic rings. The summed E-state index contributed by atoms with van der Waals surface area (Å²) in [5.41, 5.74) is 5.41. The standard InChI is InChI=1S/C12H20N2O2S2/c13-7-1-2-9-18(15,16)14(11-5-6-11)10-12-4-3-8-17-12/h3-4,8,11H,1-2,5-7,9-10,13H2. The van der Waals surface area contributed by atoms with Crippen LogP contribution in [-0.2, 0) is 16.6 Å². The SMILES string of the molecule is NCCCCS(=O)(=O)N(Cc1cccs1)C1CC1. The lowest BCUT2D eigenvalue weighted by molar-refractivity contribution is 0.400. The van der Waals surface area contributed by atoms with Crippen molar-refractivity contribution in [1.82, 2.24) is 4.31 Å². The minimum atomic E-state index is -3.12. The highest BCUT2D eigenvalue weighted by atomic mass is 32.2. The van der Waals surface area contributed by atoms with Crippen LogP contribution in [-0.4, -0.2) is 31.1 Å². The highest BCUT2D eigenvalue weighted by molar-refractivity contribution is 7.89. The van der Waals surface area contributed by atoms with Gasteiger partial charge in [0.1, 0.15) is 0 Å². The van der Waals surface area contributed by atoms with E-state index in [9.17, 15) is 8.42 Å². The Morgan fingerprint density at radius 1 is 1.39 bits per heavy atom. The van der Waals surface area contributed by atoms with Crippen molar-refractivity contribution in [3.05, 3.63) is 22.4 Å². The summed E-state index contributed by atoms with van der Waals surface area (Å²) in [6, 6.07) is 4.19. The van der Waals surface area contributed by atoms with E-state index in [1.165, 1.54) is 0 Å². The zero-order chi connectivity index (χ0) is 13.0. The van der Waals surface area contributed by atoms with E-state index in [0.29, 0.717) is 19.5 Å². The Bertz CT molecular complexity index is 452. The molecule has 0 radical (unpaired) electrons. The molecule has 2 rings (SSSR count). The quantitative estimate of drug-likeness (QED) is 0.742. The average molecular weight is 288 g/mol. The largest absolute Gasteiger partial charge is 0.330 e. The van der Waals surface area contributed by atoms with Gasteiger partial charge in [0.25, 0.3) is 0 Å². The van der Waals surface area contributed by atoms with Gasteiger partial charge in [-0.25, -0.2) is 8.42 Å². The first-order valence-electron chi connectivity index (χ1n) is 6.35. The molecule has 1 aliphatic rings. The summed E-state index contributed by atoms with van der Waals surface area (Å²) >= 11 is 1.61. The van der Waals surface area contributed by atoms with Gasteiger partial charge in [-0.3, -0.25) is 0 Å². The molecule has 1 heterocycles. The molecule has 0 amide bonds. The van der Waals surface area contributed by atoms with E-state index in [1.54, 1.807) is 15.6 Å². The van der Waals surface area contributed by atoms with Crippen LogP contribution in [0.2, 0.25) is 0 Å². The van der Waals surface area contributed by atoms with E-state index in [1.807, 2.05) is 17.5 Å². The molecule has 0 aromatic carbocycles. The number of nitrogens with two attached hydrogens (primary N) is 1. The van der Waals surface area contributed by atoms with Gasteiger partial charge in [-0.1, -0.05) is 6.07 Å². The van der Waals surface area contributed by atoms with Crippen molar-refractivity contribution in [1.29, 1.82) is 0 Å². The second-order valence-electron chi connectivity index (χ2n) is 4.67. The van der Waals surface area contributed by atoms with Crippen LogP contribution in [0.25, 0.3) is 0 Å². The molecule has 6 heteroatoms. The normalized spacial score (nSPS) is 16.3. The molecule has 0 spiro atoms. The molecule has 1 saturated carbocycles. The molecule has 102 valence electrons. The molecular weight excluding hydrogens is 268 g/mol. The smallest absolute Gasteiger partial charge is 0.214 e. The van der Waals surface area contributed by atoms with Gasteiger partial charge in [0, 0.05) is 17.5 Å². The monoisotopic (exact) mass is 288 g/mol. The van der Waals surface area contributed by atoms with E-state index < -0.39 is 10.0 Å². The summed E-state index contributed by atoms with van der Waals surface area (Å²) in [6.07, 6.45) is 3.44. The van der Waals surface area contributed by atoms with Crippen LogP contribution < -0.4 is 5.73 Å². The van der Waals surface area contributed by atoms with E-state index >= 15 is 0 Å². The highest BCUT2D eigenvalue weighted by Crippen LogP contribution is 2.32. The third kappa shape index (κ3) is 3.78. The topological polar surface area (TPSA) is 63.4 Å². The van der Waals surface area contributed by atoms with Crippen molar-refractivity contribution in [3.8, 4) is 0 Å². The van der Waals surface area contributed by atoms with Gasteiger partial charge in [0.2, 0.25) is 10.0 Å². The van der Waals surface area contributed by atoms with Crippen molar-refractivity contribution < 1.29 is 8.42 Å². The third-order valence-electron chi connectivity index (χ3n) is 3.06. The predicted octanol–water partition coefficient (Wildman–Crippen LogP) is 1.78. The second kappa shape index (κ2) is 6.14. The van der Waals surface area contributed by atoms with E-state index in [0.717, 1.165) is 24.1 Å². The molecule has 2 N–H and O–H groups in total. The molecule has 1 aliphatic carbocycles. The first-order chi connectivity index (χ1) is 8.63. The fourth-order valence-electron chi connectivity index (χ4n) is 1.92. The number of thiophene rings is 1. The molecule has 18 heavy (non-hydrogen) atoms. The summed E-state index contributed by atoms with van der Waals surface area (Å²) < 4.78 is 26.3. The lowest BCUT2D eigenvalue weighted by atomic mass is 10.3. The van der Waals surface area contributed by atoms with Gasteiger partial charge < -0.3 is 5.73 Å². The summed E-state index contributed by atoms with van der Waals surface area (Å²) in [5, 5.41) is 1.99. The summed E-state index contributed by atoms with van der Waals surface area (Å²) in [7, 11) is -3.12. The van der Waals surface area contributed by atoms with E-state index in [2.05, 4.69) is 0 Å². The molecule has 0 aliphatic heterocycles. The maximum atomic E-state index is 12.3. The van der Waals surface area contributed by atoms with Crippen LogP contribution >= 0.6 is 11.3 Å². The molecule has 0 bridgehead atoms. The summed E-state index contributed by atoms with van der Waals surface area (Å²) in [5.74, 6) is 0.228. The van der Waals surface area contributed by atoms with Gasteiger partial charge in [-0.2, -0.15) is 4.31 Å². The van der Waals surface area contributed by atoms with E-state index in [-0.39, 0.29) is 11.8 Å². The molecule has 4 nitrogen and oxygen atoms in total. The first kappa shape index (κ1) is 14.0. The summed E-state index contributed by atoms with van der Waals surface area (Å²) in [6.45, 7) is 1.09. The lowest BCUT2D eigenvalue weighted by Crippen LogP contribution is -2.34. The van der Waals surface area contributed by atoms with Crippen molar-refractivity contribution in [2.75, 3.05) is 12.3 Å². The Labute approximate surface area is 113 Å². The van der Waals surface area contributed by atoms with Crippen LogP contribution in [0.4, 0.5) is 0 Å². The van der Waals surface area contributed by atoms with Crippen molar-refractivity contribution >= 4 is 21.4 Å². The molecular formula is C12H20N2O2S2. The molecule has 1 fully saturated rings. The fraction of sp³-hybridized carbons (Fsp3) is 0.667. The fourth-order valence-corrected chi connectivity index (χ4v) is 4.51. The minimum Gasteiger partial charge on any atom is -0.330 e. The zero-order valence-corrected chi connectivity index (χ0v) is 12.0. The number of hydrogen-bond acceptors (Lipinski definition) is 4. The zero-order valence-electron chi connectivity index (χ0n) is 10.4. The molecule has 1 aromatic heterocycles. The molecule has 0 saturated heterocycles. The average Bonchev–Trinajstić information content (AvgIpc) is 3.03. The number of hydrogen-bond donors (Lipinski definition) is 1. The number of sulfonamides is 1. The third-order valence-corrected chi connectivity index (χ3v) is 5.87. The van der Waals surface area contributed by atoms with Crippen LogP contribution in [0.5, 0.6) is 0 Å². The molecule has 0 atom stereocenters. The van der Waals surface area contributed by atoms with Crippen LogP contribution in [0.1, 0.15) is 30.6 Å². The van der Waals surface area contributed by atoms with Crippen LogP contribution in [0.3, 0.4) is 0 Å². The van der Waals surface area contributed by atoms with Crippen molar-refractivity contribution in [2.24, 2.45) is 5.73 Å². The van der Waals surface area contributed by atoms with Gasteiger partial charge in [0.15, 0.2) is 0 Å². The Balaban J connectivity index is 2.00. The number of rotatable bonds is 8. The maximum absolute atomic E-state index is 12.3. The Morgan fingerprint density at radius 2 is 2.17 bits per heavy atom. The minimum absolute atomic E-state index is 0.228. The lowest BCUT2D eigenvalue weighted by Gasteiger charge is -2.21. The Morgan fingerprint density at radius 3 is 2.72 bits per heavy atom. The maximum Gasteiger partial charge on any atom is 0.214 e. The van der Waals surface area contributed by atoms with E-state index in [4.69, 9.17) is 5.73 Å². The van der Waals surface area contributed by atoms with Crippen LogP contribution in [0.15, 0.2) is 17.5 Å². The number of unbranched alkanes of at least 4 members (excludes halogenated alkanes) is 1. The van der Waals surface area contributed by atoms with Gasteiger partial charge in [0.05, 0.1) is 5.75 Å². The summed E-state index contributed by atoms with van der Waals surface area (Å²) in [4.78, 5) is 1.12.